The van der Waals surface area contributed by atoms with Crippen molar-refractivity contribution in [2.75, 3.05) is 19.8 Å². The first-order valence-corrected chi connectivity index (χ1v) is 7.18. The molecule has 0 bridgehead atoms. The fraction of sp³-hybridized carbons (Fsp3) is 0.688. The van der Waals surface area contributed by atoms with Crippen LogP contribution in [-0.2, 0) is 19.0 Å². The number of amides is 1. The van der Waals surface area contributed by atoms with Gasteiger partial charge < -0.3 is 14.2 Å². The van der Waals surface area contributed by atoms with E-state index in [0.29, 0.717) is 6.61 Å². The Kier molecular flexibility index (Phi) is 6.42. The SMILES string of the molecule is C#CCON(C/C=C/[C@H]1COC(C)(C)O1)C(=O)OC(C)(C)C. The number of ether oxygens (including phenoxy) is 3. The number of hydroxylamine groups is 2. The molecular weight excluding hydrogens is 286 g/mol. The Balaban J connectivity index is 2.54. The predicted octanol–water partition coefficient (Wildman–Crippen LogP) is 2.50. The lowest BCUT2D eigenvalue weighted by Crippen LogP contribution is -2.37. The second-order valence-electron chi connectivity index (χ2n) is 6.31. The summed E-state index contributed by atoms with van der Waals surface area (Å²) in [5.41, 5.74) is -0.606. The third-order valence-electron chi connectivity index (χ3n) is 2.55. The van der Waals surface area contributed by atoms with Gasteiger partial charge >= 0.3 is 6.09 Å². The molecule has 0 aromatic rings. The monoisotopic (exact) mass is 311 g/mol. The van der Waals surface area contributed by atoms with Gasteiger partial charge in [0, 0.05) is 0 Å². The zero-order chi connectivity index (χ0) is 16.8. The van der Waals surface area contributed by atoms with Crippen molar-refractivity contribution >= 4 is 6.09 Å². The number of hydrogen-bond acceptors (Lipinski definition) is 5. The van der Waals surface area contributed by atoms with Crippen molar-refractivity contribution in [3.05, 3.63) is 12.2 Å². The first-order valence-electron chi connectivity index (χ1n) is 7.18. The molecule has 1 fully saturated rings. The van der Waals surface area contributed by atoms with E-state index in [1.165, 1.54) is 0 Å². The first kappa shape index (κ1) is 18.5. The van der Waals surface area contributed by atoms with Gasteiger partial charge in [0.2, 0.25) is 0 Å². The van der Waals surface area contributed by atoms with E-state index in [1.54, 1.807) is 26.8 Å². The van der Waals surface area contributed by atoms with Crippen molar-refractivity contribution in [3.63, 3.8) is 0 Å². The maximum absolute atomic E-state index is 12.0. The number of carbonyl (C=O) groups is 1. The Hall–Kier alpha value is -1.55. The second-order valence-corrected chi connectivity index (χ2v) is 6.31. The standard InChI is InChI=1S/C16H25NO5/c1-7-11-20-17(14(18)22-15(2,3)4)10-8-9-13-12-19-16(5,6)21-13/h1,8-9,13H,10-12H2,2-6H3/b9-8+/t13-/m0/s1. The highest BCUT2D eigenvalue weighted by Crippen LogP contribution is 2.22. The molecule has 0 aromatic heterocycles. The van der Waals surface area contributed by atoms with Crippen LogP contribution in [0.5, 0.6) is 0 Å². The molecule has 0 N–H and O–H groups in total. The Morgan fingerprint density at radius 1 is 1.50 bits per heavy atom. The van der Waals surface area contributed by atoms with E-state index in [9.17, 15) is 4.79 Å². The smallest absolute Gasteiger partial charge is 0.434 e. The molecule has 124 valence electrons. The van der Waals surface area contributed by atoms with Crippen molar-refractivity contribution in [1.82, 2.24) is 5.06 Å². The average Bonchev–Trinajstić information content (AvgIpc) is 2.71. The summed E-state index contributed by atoms with van der Waals surface area (Å²) in [7, 11) is 0. The second kappa shape index (κ2) is 7.63. The van der Waals surface area contributed by atoms with Crippen LogP contribution in [-0.4, -0.2) is 48.4 Å². The highest BCUT2D eigenvalue weighted by Gasteiger charge is 2.31. The van der Waals surface area contributed by atoms with Crippen LogP contribution in [0.3, 0.4) is 0 Å². The lowest BCUT2D eigenvalue weighted by molar-refractivity contribution is -0.134. The van der Waals surface area contributed by atoms with Crippen LogP contribution < -0.4 is 0 Å². The highest BCUT2D eigenvalue weighted by molar-refractivity contribution is 5.67. The molecule has 0 saturated carbocycles. The van der Waals surface area contributed by atoms with E-state index >= 15 is 0 Å². The van der Waals surface area contributed by atoms with Crippen molar-refractivity contribution in [2.45, 2.75) is 52.1 Å². The minimum absolute atomic E-state index is 0.0108. The lowest BCUT2D eigenvalue weighted by atomic mass is 10.2. The molecule has 0 radical (unpaired) electrons. The topological polar surface area (TPSA) is 57.2 Å². The summed E-state index contributed by atoms with van der Waals surface area (Å²) in [6.07, 6.45) is 8.00. The van der Waals surface area contributed by atoms with Crippen LogP contribution in [0.1, 0.15) is 34.6 Å². The van der Waals surface area contributed by atoms with Gasteiger partial charge in [0.25, 0.3) is 0 Å². The molecule has 0 aliphatic carbocycles. The van der Waals surface area contributed by atoms with Gasteiger partial charge in [0.05, 0.1) is 13.2 Å². The van der Waals surface area contributed by atoms with Crippen LogP contribution in [0.25, 0.3) is 0 Å². The summed E-state index contributed by atoms with van der Waals surface area (Å²) in [6.45, 7) is 9.72. The third-order valence-corrected chi connectivity index (χ3v) is 2.55. The van der Waals surface area contributed by atoms with Gasteiger partial charge in [-0.2, -0.15) is 5.06 Å². The third kappa shape index (κ3) is 6.94. The summed E-state index contributed by atoms with van der Waals surface area (Å²) < 4.78 is 16.3. The predicted molar refractivity (Wildman–Crippen MR) is 81.8 cm³/mol. The summed E-state index contributed by atoms with van der Waals surface area (Å²) in [5.74, 6) is 1.73. The fourth-order valence-electron chi connectivity index (χ4n) is 1.73. The molecule has 1 aliphatic rings. The molecule has 1 heterocycles. The Bertz CT molecular complexity index is 444. The van der Waals surface area contributed by atoms with Gasteiger partial charge in [-0.15, -0.1) is 6.42 Å². The summed E-state index contributed by atoms with van der Waals surface area (Å²) in [4.78, 5) is 17.2. The zero-order valence-corrected chi connectivity index (χ0v) is 13.9. The van der Waals surface area contributed by atoms with Crippen LogP contribution >= 0.6 is 0 Å². The molecule has 6 heteroatoms. The largest absolute Gasteiger partial charge is 0.442 e. The minimum atomic E-state index is -0.606. The van der Waals surface area contributed by atoms with Crippen LogP contribution in [0, 0.1) is 12.3 Å². The van der Waals surface area contributed by atoms with E-state index < -0.39 is 17.5 Å². The highest BCUT2D eigenvalue weighted by atomic mass is 16.7. The van der Waals surface area contributed by atoms with Crippen molar-refractivity contribution < 1.29 is 23.8 Å². The normalized spacial score (nSPS) is 20.8. The maximum atomic E-state index is 12.0. The zero-order valence-electron chi connectivity index (χ0n) is 13.9. The molecule has 1 amide bonds. The Morgan fingerprint density at radius 3 is 2.68 bits per heavy atom. The van der Waals surface area contributed by atoms with Crippen LogP contribution in [0.2, 0.25) is 0 Å². The van der Waals surface area contributed by atoms with E-state index in [-0.39, 0.29) is 19.3 Å². The lowest BCUT2D eigenvalue weighted by Gasteiger charge is -2.25. The minimum Gasteiger partial charge on any atom is -0.442 e. The number of terminal acetylenes is 1. The van der Waals surface area contributed by atoms with E-state index in [1.807, 2.05) is 19.9 Å². The molecule has 0 aromatic carbocycles. The molecular formula is C16H25NO5. The van der Waals surface area contributed by atoms with Gasteiger partial charge in [0.15, 0.2) is 5.79 Å². The van der Waals surface area contributed by atoms with Crippen LogP contribution in [0.4, 0.5) is 4.79 Å². The van der Waals surface area contributed by atoms with Crippen molar-refractivity contribution in [2.24, 2.45) is 0 Å². The first-order chi connectivity index (χ1) is 10.1. The Morgan fingerprint density at radius 2 is 2.18 bits per heavy atom. The summed E-state index contributed by atoms with van der Waals surface area (Å²) in [5, 5.41) is 1.09. The molecule has 22 heavy (non-hydrogen) atoms. The Labute approximate surface area is 132 Å². The molecule has 1 rings (SSSR count). The van der Waals surface area contributed by atoms with Gasteiger partial charge in [-0.3, -0.25) is 4.84 Å². The molecule has 0 spiro atoms. The van der Waals surface area contributed by atoms with E-state index in [0.717, 1.165) is 5.06 Å². The molecule has 1 aliphatic heterocycles. The average molecular weight is 311 g/mol. The fourth-order valence-corrected chi connectivity index (χ4v) is 1.73. The number of carbonyl (C=O) groups excluding carboxylic acids is 1. The van der Waals surface area contributed by atoms with Crippen LogP contribution in [0.15, 0.2) is 12.2 Å². The van der Waals surface area contributed by atoms with Gasteiger partial charge in [-0.05, 0) is 34.6 Å². The molecule has 6 nitrogen and oxygen atoms in total. The number of nitrogens with zero attached hydrogens (tertiary/aromatic N) is 1. The summed E-state index contributed by atoms with van der Waals surface area (Å²) in [6, 6.07) is 0. The number of hydrogen-bond donors (Lipinski definition) is 0. The quantitative estimate of drug-likeness (QED) is 0.443. The molecule has 1 saturated heterocycles. The van der Waals surface area contributed by atoms with Crippen molar-refractivity contribution in [3.8, 4) is 12.3 Å². The summed E-state index contributed by atoms with van der Waals surface area (Å²) >= 11 is 0. The molecule has 1 atom stereocenters. The number of rotatable bonds is 5. The van der Waals surface area contributed by atoms with E-state index in [2.05, 4.69) is 5.92 Å². The van der Waals surface area contributed by atoms with Crippen molar-refractivity contribution in [1.29, 1.82) is 0 Å². The van der Waals surface area contributed by atoms with E-state index in [4.69, 9.17) is 25.5 Å². The molecule has 0 unspecified atom stereocenters. The van der Waals surface area contributed by atoms with Gasteiger partial charge in [-0.1, -0.05) is 18.1 Å². The van der Waals surface area contributed by atoms with Gasteiger partial charge in [-0.25, -0.2) is 4.79 Å². The maximum Gasteiger partial charge on any atom is 0.434 e. The van der Waals surface area contributed by atoms with Gasteiger partial charge in [0.1, 0.15) is 18.3 Å².